The van der Waals surface area contributed by atoms with Crippen molar-refractivity contribution in [2.45, 2.75) is 23.0 Å². The number of nitrogens with two attached hydrogens (primary N) is 1. The zero-order valence-corrected chi connectivity index (χ0v) is 15.2. The van der Waals surface area contributed by atoms with E-state index < -0.39 is 9.96 Å². The molecule has 0 radical (unpaired) electrons. The lowest BCUT2D eigenvalue weighted by Gasteiger charge is -2.23. The predicted molar refractivity (Wildman–Crippen MR) is 98.0 cm³/mol. The molecule has 24 heavy (non-hydrogen) atoms. The average Bonchev–Trinajstić information content (AvgIpc) is 2.57. The third-order valence-electron chi connectivity index (χ3n) is 3.37. The minimum Gasteiger partial charge on any atom is -0.334 e. The second kappa shape index (κ2) is 9.14. The highest BCUT2D eigenvalue weighted by Gasteiger charge is 2.37. The van der Waals surface area contributed by atoms with Crippen LogP contribution in [0.25, 0.3) is 0 Å². The first-order valence-corrected chi connectivity index (χ1v) is 8.61. The van der Waals surface area contributed by atoms with Gasteiger partial charge in [0.25, 0.3) is 3.79 Å². The fraction of sp³-hybridized carbons (Fsp3) is 0.235. The summed E-state index contributed by atoms with van der Waals surface area (Å²) in [5.41, 5.74) is 2.06. The van der Waals surface area contributed by atoms with Gasteiger partial charge < -0.3 is 10.6 Å². The maximum Gasteiger partial charge on any atom is 0.319 e. The monoisotopic (exact) mass is 386 g/mol. The molecule has 2 amide bonds. The van der Waals surface area contributed by atoms with Crippen LogP contribution in [0.1, 0.15) is 11.1 Å². The molecule has 128 valence electrons. The van der Waals surface area contributed by atoms with Crippen LogP contribution in [0, 0.1) is 0 Å². The van der Waals surface area contributed by atoms with E-state index in [2.05, 4.69) is 10.6 Å². The molecule has 0 aliphatic heterocycles. The lowest BCUT2D eigenvalue weighted by Crippen LogP contribution is -2.95. The van der Waals surface area contributed by atoms with Gasteiger partial charge in [-0.3, -0.25) is 5.32 Å². The number of urea groups is 1. The second-order valence-electron chi connectivity index (χ2n) is 5.26. The van der Waals surface area contributed by atoms with Gasteiger partial charge in [-0.15, -0.1) is 0 Å². The normalized spacial score (nSPS) is 12.5. The smallest absolute Gasteiger partial charge is 0.319 e. The van der Waals surface area contributed by atoms with Crippen LogP contribution in [0.2, 0.25) is 0 Å². The molecule has 4 nitrogen and oxygen atoms in total. The van der Waals surface area contributed by atoms with Crippen LogP contribution in [0.4, 0.5) is 4.79 Å². The number of alkyl halides is 3. The molecule has 2 aromatic rings. The van der Waals surface area contributed by atoms with Crippen LogP contribution >= 0.6 is 34.8 Å². The Morgan fingerprint density at radius 2 is 1.50 bits per heavy atom. The van der Waals surface area contributed by atoms with Crippen molar-refractivity contribution >= 4 is 40.8 Å². The molecule has 0 spiro atoms. The summed E-state index contributed by atoms with van der Waals surface area (Å²) < 4.78 is -1.63. The van der Waals surface area contributed by atoms with Gasteiger partial charge in [0, 0.05) is 12.1 Å². The van der Waals surface area contributed by atoms with Crippen molar-refractivity contribution in [2.24, 2.45) is 0 Å². The van der Waals surface area contributed by atoms with Crippen molar-refractivity contribution in [1.82, 2.24) is 10.6 Å². The Balaban J connectivity index is 1.87. The standard InChI is InChI=1S/C17H18Cl3N3O/c18-17(19,20)15(21-11-13-7-3-1-4-8-13)23-16(24)22-12-14-9-5-2-6-10-14/h1-10,15,21H,11-12H2,(H2,22,23,24)/p+1/t15-/m0/s1. The Morgan fingerprint density at radius 3 is 2.04 bits per heavy atom. The Bertz CT molecular complexity index is 633. The molecule has 0 bridgehead atoms. The van der Waals surface area contributed by atoms with Crippen molar-refractivity contribution in [1.29, 1.82) is 0 Å². The quantitative estimate of drug-likeness (QED) is 0.518. The third kappa shape index (κ3) is 6.57. The molecule has 7 heteroatoms. The summed E-state index contributed by atoms with van der Waals surface area (Å²) in [6.07, 6.45) is -0.710. The van der Waals surface area contributed by atoms with Crippen LogP contribution < -0.4 is 16.0 Å². The Kier molecular flexibility index (Phi) is 7.18. The van der Waals surface area contributed by atoms with Crippen molar-refractivity contribution in [3.63, 3.8) is 0 Å². The first-order valence-electron chi connectivity index (χ1n) is 7.47. The van der Waals surface area contributed by atoms with Crippen LogP contribution in [0.15, 0.2) is 60.7 Å². The molecule has 0 aliphatic carbocycles. The Morgan fingerprint density at radius 1 is 0.958 bits per heavy atom. The molecule has 0 aromatic heterocycles. The van der Waals surface area contributed by atoms with E-state index in [9.17, 15) is 4.79 Å². The zero-order chi connectivity index (χ0) is 17.4. The summed E-state index contributed by atoms with van der Waals surface area (Å²) in [7, 11) is 0. The van der Waals surface area contributed by atoms with Gasteiger partial charge in [-0.2, -0.15) is 0 Å². The molecule has 0 saturated heterocycles. The largest absolute Gasteiger partial charge is 0.334 e. The van der Waals surface area contributed by atoms with E-state index in [-0.39, 0.29) is 6.03 Å². The number of carbonyl (C=O) groups is 1. The number of carbonyl (C=O) groups excluding carboxylic acids is 1. The van der Waals surface area contributed by atoms with Gasteiger partial charge in [0.2, 0.25) is 6.17 Å². The number of amides is 2. The van der Waals surface area contributed by atoms with E-state index >= 15 is 0 Å². The summed E-state index contributed by atoms with van der Waals surface area (Å²) in [6.45, 7) is 0.982. The van der Waals surface area contributed by atoms with E-state index in [1.807, 2.05) is 60.7 Å². The molecule has 4 N–H and O–H groups in total. The summed E-state index contributed by atoms with van der Waals surface area (Å²) in [6, 6.07) is 19.0. The molecule has 0 heterocycles. The van der Waals surface area contributed by atoms with Crippen molar-refractivity contribution in [3.05, 3.63) is 71.8 Å². The highest BCUT2D eigenvalue weighted by Crippen LogP contribution is 2.27. The lowest BCUT2D eigenvalue weighted by atomic mass is 10.2. The summed E-state index contributed by atoms with van der Waals surface area (Å²) in [5.74, 6) is 0. The lowest BCUT2D eigenvalue weighted by molar-refractivity contribution is -0.706. The first kappa shape index (κ1) is 18.9. The highest BCUT2D eigenvalue weighted by molar-refractivity contribution is 6.68. The molecular formula is C17H19Cl3N3O+. The van der Waals surface area contributed by atoms with Crippen molar-refractivity contribution in [2.75, 3.05) is 0 Å². The fourth-order valence-electron chi connectivity index (χ4n) is 2.11. The van der Waals surface area contributed by atoms with Crippen LogP contribution in [0.3, 0.4) is 0 Å². The van der Waals surface area contributed by atoms with Crippen LogP contribution in [-0.2, 0) is 13.1 Å². The number of halogens is 3. The maximum absolute atomic E-state index is 12.1. The van der Waals surface area contributed by atoms with Gasteiger partial charge in [-0.05, 0) is 5.56 Å². The third-order valence-corrected chi connectivity index (χ3v) is 4.07. The van der Waals surface area contributed by atoms with E-state index in [1.54, 1.807) is 5.32 Å². The Hall–Kier alpha value is -1.46. The van der Waals surface area contributed by atoms with E-state index in [1.165, 1.54) is 0 Å². The van der Waals surface area contributed by atoms with Crippen molar-refractivity contribution < 1.29 is 10.1 Å². The molecule has 0 fully saturated rings. The highest BCUT2D eigenvalue weighted by atomic mass is 35.6. The number of hydrogen-bond acceptors (Lipinski definition) is 1. The molecule has 0 saturated carbocycles. The van der Waals surface area contributed by atoms with Gasteiger partial charge in [0.05, 0.1) is 0 Å². The minimum atomic E-state index is -1.63. The number of hydrogen-bond donors (Lipinski definition) is 3. The molecule has 2 aromatic carbocycles. The number of benzene rings is 2. The van der Waals surface area contributed by atoms with Gasteiger partial charge in [-0.1, -0.05) is 95.5 Å². The predicted octanol–water partition coefficient (Wildman–Crippen LogP) is 2.95. The SMILES string of the molecule is O=C(NCc1ccccc1)N[C@H]([NH2+]Cc1ccccc1)C(Cl)(Cl)Cl. The van der Waals surface area contributed by atoms with E-state index in [0.717, 1.165) is 11.1 Å². The van der Waals surface area contributed by atoms with Gasteiger partial charge in [0.1, 0.15) is 6.54 Å². The van der Waals surface area contributed by atoms with Gasteiger partial charge in [-0.25, -0.2) is 4.79 Å². The number of rotatable bonds is 6. The Labute approximate surface area is 156 Å². The van der Waals surface area contributed by atoms with Gasteiger partial charge >= 0.3 is 6.03 Å². The van der Waals surface area contributed by atoms with E-state index in [4.69, 9.17) is 34.8 Å². The van der Waals surface area contributed by atoms with Crippen molar-refractivity contribution in [3.8, 4) is 0 Å². The fourth-order valence-corrected chi connectivity index (χ4v) is 2.54. The number of nitrogens with one attached hydrogen (secondary N) is 2. The first-order chi connectivity index (χ1) is 11.4. The van der Waals surface area contributed by atoms with Gasteiger partial charge in [0.15, 0.2) is 0 Å². The minimum absolute atomic E-state index is 0.389. The topological polar surface area (TPSA) is 57.7 Å². The maximum atomic E-state index is 12.1. The summed E-state index contributed by atoms with van der Waals surface area (Å²) >= 11 is 18.0. The molecule has 0 aliphatic rings. The van der Waals surface area contributed by atoms with Crippen LogP contribution in [-0.4, -0.2) is 16.0 Å². The summed E-state index contributed by atoms with van der Waals surface area (Å²) in [5, 5.41) is 7.23. The molecule has 2 rings (SSSR count). The molecule has 1 atom stereocenters. The molecular weight excluding hydrogens is 369 g/mol. The number of quaternary nitrogens is 1. The van der Waals surface area contributed by atoms with E-state index in [0.29, 0.717) is 13.1 Å². The van der Waals surface area contributed by atoms with Crippen LogP contribution in [0.5, 0.6) is 0 Å². The zero-order valence-electron chi connectivity index (χ0n) is 12.9. The second-order valence-corrected chi connectivity index (χ2v) is 7.63. The summed E-state index contributed by atoms with van der Waals surface area (Å²) in [4.78, 5) is 12.1. The average molecular weight is 388 g/mol. The molecule has 0 unspecified atom stereocenters.